The molecule has 9 nitrogen and oxygen atoms in total. The second-order valence-corrected chi connectivity index (χ2v) is 7.36. The molecule has 2 N–H and O–H groups in total. The summed E-state index contributed by atoms with van der Waals surface area (Å²) < 4.78 is 14.0. The monoisotopic (exact) mass is 410 g/mol. The van der Waals surface area contributed by atoms with E-state index >= 15 is 0 Å². The number of aryl methyl sites for hydroxylation is 1. The van der Waals surface area contributed by atoms with Crippen LogP contribution in [0, 0.1) is 12.7 Å². The second kappa shape index (κ2) is 8.05. The Morgan fingerprint density at radius 3 is 2.73 bits per heavy atom. The van der Waals surface area contributed by atoms with Crippen LogP contribution in [0.3, 0.4) is 0 Å². The molecule has 156 valence electrons. The number of amides is 1. The average Bonchev–Trinajstić information content (AvgIpc) is 3.26. The normalized spacial score (nSPS) is 16.5. The summed E-state index contributed by atoms with van der Waals surface area (Å²) >= 11 is 0. The van der Waals surface area contributed by atoms with Crippen LogP contribution in [0.1, 0.15) is 28.9 Å². The van der Waals surface area contributed by atoms with Crippen molar-refractivity contribution in [2.45, 2.75) is 25.8 Å². The Morgan fingerprint density at radius 2 is 2.00 bits per heavy atom. The fraction of sp³-hybridized carbons (Fsp3) is 0.350. The predicted molar refractivity (Wildman–Crippen MR) is 110 cm³/mol. The van der Waals surface area contributed by atoms with Gasteiger partial charge in [0, 0.05) is 37.9 Å². The summed E-state index contributed by atoms with van der Waals surface area (Å²) in [4.78, 5) is 26.8. The number of nitrogen functional groups attached to an aromatic ring is 1. The number of anilines is 2. The van der Waals surface area contributed by atoms with Crippen molar-refractivity contribution < 1.29 is 9.18 Å². The first-order valence-corrected chi connectivity index (χ1v) is 9.72. The number of hydrogen-bond donors (Lipinski definition) is 1. The van der Waals surface area contributed by atoms with Crippen LogP contribution in [0.2, 0.25) is 0 Å². The van der Waals surface area contributed by atoms with Gasteiger partial charge in [-0.2, -0.15) is 20.0 Å². The van der Waals surface area contributed by atoms with Crippen LogP contribution in [-0.4, -0.2) is 61.9 Å². The van der Waals surface area contributed by atoms with Crippen LogP contribution in [0.5, 0.6) is 0 Å². The number of halogens is 1. The molecule has 0 spiro atoms. The third kappa shape index (κ3) is 3.93. The SMILES string of the molecule is Cc1cc(N(C)C2CCCN(C(=O)c3cc(F)ccc3-n3nccn3)C2)nc(N)n1. The van der Waals surface area contributed by atoms with E-state index < -0.39 is 5.82 Å². The topological polar surface area (TPSA) is 106 Å². The number of carbonyl (C=O) groups excluding carboxylic acids is 1. The van der Waals surface area contributed by atoms with Crippen LogP contribution in [0.25, 0.3) is 5.69 Å². The lowest BCUT2D eigenvalue weighted by atomic mass is 10.0. The van der Waals surface area contributed by atoms with Crippen molar-refractivity contribution in [3.05, 3.63) is 53.7 Å². The second-order valence-electron chi connectivity index (χ2n) is 7.36. The maximum Gasteiger partial charge on any atom is 0.256 e. The molecule has 2 aromatic heterocycles. The molecule has 0 aliphatic carbocycles. The minimum absolute atomic E-state index is 0.0521. The standard InChI is InChI=1S/C20H23FN8O/c1-13-10-18(26-20(22)25-13)27(2)15-4-3-9-28(12-15)19(30)16-11-14(21)5-6-17(16)29-23-7-8-24-29/h5-8,10-11,15H,3-4,9,12H2,1-2H3,(H2,22,25,26). The number of carbonyl (C=O) groups is 1. The van der Waals surface area contributed by atoms with Crippen molar-refractivity contribution in [3.63, 3.8) is 0 Å². The number of piperidine rings is 1. The van der Waals surface area contributed by atoms with Crippen molar-refractivity contribution in [1.82, 2.24) is 29.9 Å². The minimum Gasteiger partial charge on any atom is -0.368 e. The highest BCUT2D eigenvalue weighted by molar-refractivity contribution is 5.97. The summed E-state index contributed by atoms with van der Waals surface area (Å²) in [6, 6.07) is 5.97. The van der Waals surface area contributed by atoms with Crippen molar-refractivity contribution in [2.24, 2.45) is 0 Å². The van der Waals surface area contributed by atoms with E-state index in [4.69, 9.17) is 5.73 Å². The van der Waals surface area contributed by atoms with Gasteiger partial charge in [0.2, 0.25) is 5.95 Å². The van der Waals surface area contributed by atoms with Crippen LogP contribution >= 0.6 is 0 Å². The molecule has 0 bridgehead atoms. The zero-order valence-electron chi connectivity index (χ0n) is 16.9. The highest BCUT2D eigenvalue weighted by atomic mass is 19.1. The number of nitrogens with zero attached hydrogens (tertiary/aromatic N) is 7. The predicted octanol–water partition coefficient (Wildman–Crippen LogP) is 1.83. The Bertz CT molecular complexity index is 1030. The third-order valence-electron chi connectivity index (χ3n) is 5.27. The number of aromatic nitrogens is 5. The largest absolute Gasteiger partial charge is 0.368 e. The molecule has 1 unspecified atom stereocenters. The molecule has 1 aromatic carbocycles. The molecule has 1 atom stereocenters. The van der Waals surface area contributed by atoms with Crippen LogP contribution in [0.15, 0.2) is 36.7 Å². The number of likely N-dealkylation sites (N-methyl/N-ethyl adjacent to an activating group) is 1. The number of benzene rings is 1. The Labute approximate surface area is 173 Å². The maximum atomic E-state index is 14.0. The summed E-state index contributed by atoms with van der Waals surface area (Å²) in [5.41, 5.74) is 7.25. The smallest absolute Gasteiger partial charge is 0.256 e. The quantitative estimate of drug-likeness (QED) is 0.699. The fourth-order valence-corrected chi connectivity index (χ4v) is 3.76. The van der Waals surface area contributed by atoms with E-state index in [0.717, 1.165) is 18.5 Å². The average molecular weight is 410 g/mol. The van der Waals surface area contributed by atoms with Crippen LogP contribution in [-0.2, 0) is 0 Å². The molecule has 0 radical (unpaired) electrons. The zero-order valence-corrected chi connectivity index (χ0v) is 16.9. The lowest BCUT2D eigenvalue weighted by Gasteiger charge is -2.38. The highest BCUT2D eigenvalue weighted by Crippen LogP contribution is 2.24. The van der Waals surface area contributed by atoms with E-state index in [1.807, 2.05) is 24.9 Å². The molecule has 1 amide bonds. The van der Waals surface area contributed by atoms with Crippen LogP contribution in [0.4, 0.5) is 16.2 Å². The van der Waals surface area contributed by atoms with Gasteiger partial charge < -0.3 is 15.5 Å². The van der Waals surface area contributed by atoms with Gasteiger partial charge in [-0.15, -0.1) is 0 Å². The van der Waals surface area contributed by atoms with Gasteiger partial charge in [0.15, 0.2) is 0 Å². The molecule has 10 heteroatoms. The molecule has 3 aromatic rings. The van der Waals surface area contributed by atoms with Crippen LogP contribution < -0.4 is 10.6 Å². The molecular formula is C20H23FN8O. The Balaban J connectivity index is 1.58. The third-order valence-corrected chi connectivity index (χ3v) is 5.27. The van der Waals surface area contributed by atoms with Crippen molar-refractivity contribution >= 4 is 17.7 Å². The molecule has 4 rings (SSSR count). The first kappa shape index (κ1) is 19.7. The van der Waals surface area contributed by atoms with Gasteiger partial charge in [0.25, 0.3) is 5.91 Å². The molecule has 30 heavy (non-hydrogen) atoms. The maximum absolute atomic E-state index is 14.0. The molecule has 0 saturated carbocycles. The van der Waals surface area contributed by atoms with E-state index in [1.165, 1.54) is 35.4 Å². The van der Waals surface area contributed by atoms with Crippen molar-refractivity contribution in [3.8, 4) is 5.69 Å². The lowest BCUT2D eigenvalue weighted by molar-refractivity contribution is 0.0706. The van der Waals surface area contributed by atoms with Gasteiger partial charge in [-0.1, -0.05) is 0 Å². The number of hydrogen-bond acceptors (Lipinski definition) is 7. The molecule has 3 heterocycles. The highest BCUT2D eigenvalue weighted by Gasteiger charge is 2.29. The number of nitrogens with two attached hydrogens (primary N) is 1. The molecule has 1 aliphatic heterocycles. The summed E-state index contributed by atoms with van der Waals surface area (Å²) in [6.45, 7) is 2.94. The molecule has 1 aliphatic rings. The van der Waals surface area contributed by atoms with E-state index in [2.05, 4.69) is 20.2 Å². The minimum atomic E-state index is -0.480. The summed E-state index contributed by atoms with van der Waals surface area (Å²) in [6.07, 6.45) is 4.75. The summed E-state index contributed by atoms with van der Waals surface area (Å²) in [7, 11) is 1.93. The Morgan fingerprint density at radius 1 is 1.23 bits per heavy atom. The lowest BCUT2D eigenvalue weighted by Crippen LogP contribution is -2.49. The van der Waals surface area contributed by atoms with Crippen molar-refractivity contribution in [2.75, 3.05) is 30.8 Å². The Kier molecular flexibility index (Phi) is 5.30. The Hall–Kier alpha value is -3.56. The summed E-state index contributed by atoms with van der Waals surface area (Å²) in [5, 5.41) is 8.16. The molecule has 1 saturated heterocycles. The van der Waals surface area contributed by atoms with Gasteiger partial charge in [-0.25, -0.2) is 9.37 Å². The van der Waals surface area contributed by atoms with E-state index in [1.54, 1.807) is 4.90 Å². The van der Waals surface area contributed by atoms with E-state index in [9.17, 15) is 9.18 Å². The van der Waals surface area contributed by atoms with Gasteiger partial charge in [0.1, 0.15) is 11.6 Å². The summed E-state index contributed by atoms with van der Waals surface area (Å²) in [5.74, 6) is 0.202. The number of likely N-dealkylation sites (tertiary alicyclic amines) is 1. The van der Waals surface area contributed by atoms with E-state index in [-0.39, 0.29) is 23.5 Å². The fourth-order valence-electron chi connectivity index (χ4n) is 3.76. The van der Waals surface area contributed by atoms with Gasteiger partial charge >= 0.3 is 0 Å². The number of rotatable bonds is 4. The molecular weight excluding hydrogens is 387 g/mol. The van der Waals surface area contributed by atoms with E-state index in [0.29, 0.717) is 24.6 Å². The van der Waals surface area contributed by atoms with Gasteiger partial charge in [-0.05, 0) is 38.0 Å². The van der Waals surface area contributed by atoms with Gasteiger partial charge in [-0.3, -0.25) is 4.79 Å². The van der Waals surface area contributed by atoms with Crippen molar-refractivity contribution in [1.29, 1.82) is 0 Å². The first-order valence-electron chi connectivity index (χ1n) is 9.72. The van der Waals surface area contributed by atoms with Gasteiger partial charge in [0.05, 0.1) is 23.6 Å². The first-order chi connectivity index (χ1) is 14.4. The zero-order chi connectivity index (χ0) is 21.3. The molecule has 1 fully saturated rings.